The van der Waals surface area contributed by atoms with Gasteiger partial charge in [-0.25, -0.2) is 9.50 Å². The van der Waals surface area contributed by atoms with Crippen molar-refractivity contribution in [2.24, 2.45) is 0 Å². The number of hydrogen-bond acceptors (Lipinski definition) is 5. The number of nitrogens with zero attached hydrogens (tertiary/aromatic N) is 4. The second-order valence-corrected chi connectivity index (χ2v) is 4.76. The van der Waals surface area contributed by atoms with Crippen LogP contribution in [0.2, 0.25) is 0 Å². The van der Waals surface area contributed by atoms with Crippen LogP contribution in [0.1, 0.15) is 21.9 Å². The van der Waals surface area contributed by atoms with Crippen LogP contribution >= 0.6 is 0 Å². The molecule has 1 amide bonds. The molecule has 7 heteroatoms. The van der Waals surface area contributed by atoms with Crippen molar-refractivity contribution in [3.63, 3.8) is 0 Å². The first-order chi connectivity index (χ1) is 10.7. The Morgan fingerprint density at radius 3 is 2.73 bits per heavy atom. The van der Waals surface area contributed by atoms with E-state index in [1.54, 1.807) is 23.9 Å². The molecular formula is C15H15N5O2. The molecule has 0 spiro atoms. The zero-order chi connectivity index (χ0) is 15.5. The third-order valence-electron chi connectivity index (χ3n) is 3.25. The molecule has 0 saturated heterocycles. The highest BCUT2D eigenvalue weighted by molar-refractivity contribution is 5.90. The first kappa shape index (κ1) is 14.0. The number of carbonyl (C=O) groups is 1. The molecule has 3 rings (SSSR count). The van der Waals surface area contributed by atoms with Crippen molar-refractivity contribution >= 4 is 11.7 Å². The normalized spacial score (nSPS) is 10.6. The van der Waals surface area contributed by atoms with Crippen LogP contribution < -0.4 is 10.1 Å². The van der Waals surface area contributed by atoms with Crippen LogP contribution in [0.25, 0.3) is 5.78 Å². The van der Waals surface area contributed by atoms with Gasteiger partial charge in [0.1, 0.15) is 5.75 Å². The molecule has 7 nitrogen and oxygen atoms in total. The van der Waals surface area contributed by atoms with Gasteiger partial charge in [0.25, 0.3) is 11.7 Å². The molecular weight excluding hydrogens is 282 g/mol. The van der Waals surface area contributed by atoms with Crippen molar-refractivity contribution in [1.82, 2.24) is 24.9 Å². The minimum atomic E-state index is -0.333. The lowest BCUT2D eigenvalue weighted by molar-refractivity contribution is 0.0940. The zero-order valence-electron chi connectivity index (χ0n) is 12.3. The summed E-state index contributed by atoms with van der Waals surface area (Å²) in [4.78, 5) is 20.3. The lowest BCUT2D eigenvalue weighted by atomic mass is 10.2. The number of hydrogen-bond donors (Lipinski definition) is 1. The van der Waals surface area contributed by atoms with E-state index >= 15 is 0 Å². The van der Waals surface area contributed by atoms with Crippen LogP contribution in [0.3, 0.4) is 0 Å². The standard InChI is InChI=1S/C15H15N5O2/c1-10-7-8-16-15-18-13(19-20(10)15)14(21)17-9-11-3-5-12(22-2)6-4-11/h3-8H,9H2,1-2H3,(H,17,21). The molecule has 22 heavy (non-hydrogen) atoms. The minimum absolute atomic E-state index is 0.107. The fourth-order valence-corrected chi connectivity index (χ4v) is 2.01. The molecule has 0 saturated carbocycles. The molecule has 112 valence electrons. The predicted octanol–water partition coefficient (Wildman–Crippen LogP) is 1.37. The van der Waals surface area contributed by atoms with E-state index < -0.39 is 0 Å². The summed E-state index contributed by atoms with van der Waals surface area (Å²) in [6.45, 7) is 2.27. The molecule has 2 aromatic heterocycles. The average Bonchev–Trinajstić information content (AvgIpc) is 2.99. The summed E-state index contributed by atoms with van der Waals surface area (Å²) in [7, 11) is 1.61. The summed E-state index contributed by atoms with van der Waals surface area (Å²) in [6, 6.07) is 9.28. The molecule has 0 aliphatic carbocycles. The highest BCUT2D eigenvalue weighted by atomic mass is 16.5. The summed E-state index contributed by atoms with van der Waals surface area (Å²) < 4.78 is 6.64. The second-order valence-electron chi connectivity index (χ2n) is 4.76. The molecule has 3 aromatic rings. The molecule has 0 fully saturated rings. The van der Waals surface area contributed by atoms with Crippen LogP contribution in [0.4, 0.5) is 0 Å². The number of ether oxygens (including phenoxy) is 1. The van der Waals surface area contributed by atoms with Crippen LogP contribution in [0.5, 0.6) is 5.75 Å². The maximum atomic E-state index is 12.1. The van der Waals surface area contributed by atoms with E-state index in [9.17, 15) is 4.79 Å². The lowest BCUT2D eigenvalue weighted by Gasteiger charge is -2.04. The van der Waals surface area contributed by atoms with E-state index in [0.717, 1.165) is 17.0 Å². The summed E-state index contributed by atoms with van der Waals surface area (Å²) in [5.41, 5.74) is 1.83. The SMILES string of the molecule is COc1ccc(CNC(=O)c2nc3nccc(C)n3n2)cc1. The number of methoxy groups -OCH3 is 1. The smallest absolute Gasteiger partial charge is 0.291 e. The Hall–Kier alpha value is -2.96. The number of fused-ring (bicyclic) bond motifs is 1. The minimum Gasteiger partial charge on any atom is -0.497 e. The molecule has 1 N–H and O–H groups in total. The quantitative estimate of drug-likeness (QED) is 0.786. The molecule has 1 aromatic carbocycles. The number of aryl methyl sites for hydroxylation is 1. The fraction of sp³-hybridized carbons (Fsp3) is 0.200. The van der Waals surface area contributed by atoms with Crippen molar-refractivity contribution in [2.75, 3.05) is 7.11 Å². The predicted molar refractivity (Wildman–Crippen MR) is 79.7 cm³/mol. The van der Waals surface area contributed by atoms with Crippen molar-refractivity contribution in [3.8, 4) is 5.75 Å². The van der Waals surface area contributed by atoms with E-state index in [2.05, 4.69) is 20.4 Å². The molecule has 0 bridgehead atoms. The number of carbonyl (C=O) groups excluding carboxylic acids is 1. The van der Waals surface area contributed by atoms with Crippen molar-refractivity contribution < 1.29 is 9.53 Å². The largest absolute Gasteiger partial charge is 0.497 e. The molecule has 2 heterocycles. The van der Waals surface area contributed by atoms with E-state index in [1.165, 1.54) is 0 Å². The highest BCUT2D eigenvalue weighted by Gasteiger charge is 2.13. The Balaban J connectivity index is 1.71. The van der Waals surface area contributed by atoms with Crippen molar-refractivity contribution in [2.45, 2.75) is 13.5 Å². The number of rotatable bonds is 4. The maximum Gasteiger partial charge on any atom is 0.291 e. The third kappa shape index (κ3) is 2.73. The first-order valence-electron chi connectivity index (χ1n) is 6.77. The Kier molecular flexibility index (Phi) is 3.69. The van der Waals surface area contributed by atoms with Gasteiger partial charge in [-0.3, -0.25) is 4.79 Å². The van der Waals surface area contributed by atoms with Gasteiger partial charge in [-0.15, -0.1) is 5.10 Å². The van der Waals surface area contributed by atoms with Gasteiger partial charge in [0.05, 0.1) is 7.11 Å². The van der Waals surface area contributed by atoms with E-state index in [4.69, 9.17) is 4.74 Å². The number of aromatic nitrogens is 4. The number of nitrogens with one attached hydrogen (secondary N) is 1. The van der Waals surface area contributed by atoms with E-state index in [-0.39, 0.29) is 11.7 Å². The summed E-state index contributed by atoms with van der Waals surface area (Å²) in [6.07, 6.45) is 1.64. The van der Waals surface area contributed by atoms with Gasteiger partial charge in [0.2, 0.25) is 5.82 Å². The molecule has 0 radical (unpaired) electrons. The van der Waals surface area contributed by atoms with E-state index in [0.29, 0.717) is 12.3 Å². The van der Waals surface area contributed by atoms with Crippen LogP contribution in [-0.4, -0.2) is 32.6 Å². The van der Waals surface area contributed by atoms with Crippen LogP contribution in [-0.2, 0) is 6.54 Å². The lowest BCUT2D eigenvalue weighted by Crippen LogP contribution is -2.24. The van der Waals surface area contributed by atoms with Crippen LogP contribution in [0, 0.1) is 6.92 Å². The number of benzene rings is 1. The Bertz CT molecular complexity index is 810. The molecule has 0 aliphatic rings. The van der Waals surface area contributed by atoms with E-state index in [1.807, 2.05) is 31.2 Å². The molecule has 0 aliphatic heterocycles. The van der Waals surface area contributed by atoms with Crippen LogP contribution in [0.15, 0.2) is 36.5 Å². The maximum absolute atomic E-state index is 12.1. The summed E-state index contributed by atoms with van der Waals surface area (Å²) >= 11 is 0. The fourth-order valence-electron chi connectivity index (χ4n) is 2.01. The molecule has 0 unspecified atom stereocenters. The molecule has 0 atom stereocenters. The highest BCUT2D eigenvalue weighted by Crippen LogP contribution is 2.11. The Labute approximate surface area is 127 Å². The van der Waals surface area contributed by atoms with Gasteiger partial charge in [0.15, 0.2) is 0 Å². The zero-order valence-corrected chi connectivity index (χ0v) is 12.3. The summed E-state index contributed by atoms with van der Waals surface area (Å²) in [5.74, 6) is 0.962. The second kappa shape index (κ2) is 5.80. The van der Waals surface area contributed by atoms with Gasteiger partial charge in [-0.05, 0) is 30.7 Å². The monoisotopic (exact) mass is 297 g/mol. The Morgan fingerprint density at radius 2 is 2.05 bits per heavy atom. The summed E-state index contributed by atoms with van der Waals surface area (Å²) in [5, 5.41) is 6.95. The van der Waals surface area contributed by atoms with Gasteiger partial charge in [-0.1, -0.05) is 12.1 Å². The first-order valence-corrected chi connectivity index (χ1v) is 6.77. The van der Waals surface area contributed by atoms with Gasteiger partial charge in [0, 0.05) is 18.4 Å². The van der Waals surface area contributed by atoms with Gasteiger partial charge >= 0.3 is 0 Å². The van der Waals surface area contributed by atoms with Crippen molar-refractivity contribution in [3.05, 3.63) is 53.6 Å². The van der Waals surface area contributed by atoms with Gasteiger partial charge < -0.3 is 10.1 Å². The third-order valence-corrected chi connectivity index (χ3v) is 3.25. The van der Waals surface area contributed by atoms with Crippen molar-refractivity contribution in [1.29, 1.82) is 0 Å². The van der Waals surface area contributed by atoms with Gasteiger partial charge in [-0.2, -0.15) is 4.98 Å². The average molecular weight is 297 g/mol. The Morgan fingerprint density at radius 1 is 1.27 bits per heavy atom. The topological polar surface area (TPSA) is 81.4 Å². The number of amides is 1.